The third-order valence-corrected chi connectivity index (χ3v) is 6.54. The van der Waals surface area contributed by atoms with Gasteiger partial charge < -0.3 is 14.5 Å². The van der Waals surface area contributed by atoms with Gasteiger partial charge in [-0.05, 0) is 48.0 Å². The smallest absolute Gasteiger partial charge is 0.298 e. The van der Waals surface area contributed by atoms with Gasteiger partial charge in [-0.1, -0.05) is 12.1 Å². The predicted molar refractivity (Wildman–Crippen MR) is 141 cm³/mol. The van der Waals surface area contributed by atoms with Crippen molar-refractivity contribution in [3.8, 4) is 11.5 Å². The average Bonchev–Trinajstić information content (AvgIpc) is 3.44. The van der Waals surface area contributed by atoms with E-state index in [2.05, 4.69) is 15.1 Å². The number of aromatic amines is 1. The lowest BCUT2D eigenvalue weighted by molar-refractivity contribution is 0.0641. The average molecular weight is 508 g/mol. The van der Waals surface area contributed by atoms with E-state index in [4.69, 9.17) is 9.47 Å². The van der Waals surface area contributed by atoms with Gasteiger partial charge in [0.2, 0.25) is 0 Å². The van der Waals surface area contributed by atoms with Crippen LogP contribution in [0.5, 0.6) is 11.5 Å². The Morgan fingerprint density at radius 2 is 1.71 bits per heavy atom. The van der Waals surface area contributed by atoms with Crippen molar-refractivity contribution in [2.24, 2.45) is 5.10 Å². The number of benzene rings is 3. The molecule has 1 N–H and O–H groups in total. The molecule has 10 heteroatoms. The summed E-state index contributed by atoms with van der Waals surface area (Å²) in [4.78, 5) is 47.5. The van der Waals surface area contributed by atoms with Crippen LogP contribution in [0.2, 0.25) is 0 Å². The fourth-order valence-electron chi connectivity index (χ4n) is 4.62. The summed E-state index contributed by atoms with van der Waals surface area (Å²) in [5.74, 6) is 0.480. The molecule has 0 saturated carbocycles. The molecule has 3 heterocycles. The number of amides is 2. The first kappa shape index (κ1) is 23.2. The third-order valence-electron chi connectivity index (χ3n) is 6.54. The van der Waals surface area contributed by atoms with Crippen LogP contribution in [-0.4, -0.2) is 51.8 Å². The van der Waals surface area contributed by atoms with E-state index in [1.54, 1.807) is 55.6 Å². The van der Waals surface area contributed by atoms with Gasteiger partial charge in [-0.3, -0.25) is 19.3 Å². The number of carbonyl (C=O) groups excluding carboxylic acids is 2. The minimum absolute atomic E-state index is 0.0309. The summed E-state index contributed by atoms with van der Waals surface area (Å²) in [5, 5.41) is 5.11. The van der Waals surface area contributed by atoms with E-state index in [0.717, 1.165) is 15.6 Å². The fourth-order valence-corrected chi connectivity index (χ4v) is 4.62. The molecule has 2 aromatic heterocycles. The largest absolute Gasteiger partial charge is 0.497 e. The van der Waals surface area contributed by atoms with Gasteiger partial charge >= 0.3 is 0 Å². The number of rotatable bonds is 6. The van der Waals surface area contributed by atoms with E-state index in [0.29, 0.717) is 44.8 Å². The molecule has 1 aliphatic heterocycles. The molecule has 0 aliphatic carbocycles. The highest BCUT2D eigenvalue weighted by atomic mass is 16.5. The Hall–Kier alpha value is -5.25. The maximum Gasteiger partial charge on any atom is 0.298 e. The van der Waals surface area contributed by atoms with Crippen LogP contribution in [0.3, 0.4) is 0 Å². The molecule has 0 atom stereocenters. The van der Waals surface area contributed by atoms with Crippen LogP contribution in [0, 0.1) is 0 Å². The molecule has 0 spiro atoms. The molecule has 188 valence electrons. The molecule has 5 aromatic rings. The van der Waals surface area contributed by atoms with Crippen LogP contribution in [0.15, 0.2) is 76.9 Å². The lowest BCUT2D eigenvalue weighted by Crippen LogP contribution is -2.29. The zero-order valence-electron chi connectivity index (χ0n) is 20.5. The van der Waals surface area contributed by atoms with Crippen molar-refractivity contribution in [1.29, 1.82) is 0 Å². The molecule has 0 fully saturated rings. The number of methoxy groups -OCH3 is 2. The molecule has 0 bridgehead atoms. The SMILES string of the molecule is COc1ccc2c(c1)[nH]c1c(=O)n(N=Cc3ccc(OC)c(CN4C(=O)c5ccccc5C4=O)c3)cnc12. The first-order valence-corrected chi connectivity index (χ1v) is 11.7. The van der Waals surface area contributed by atoms with Crippen molar-refractivity contribution >= 4 is 40.0 Å². The molecule has 0 saturated heterocycles. The Balaban J connectivity index is 1.31. The van der Waals surface area contributed by atoms with Crippen LogP contribution < -0.4 is 15.0 Å². The summed E-state index contributed by atoms with van der Waals surface area (Å²) in [5.41, 5.74) is 3.28. The van der Waals surface area contributed by atoms with Crippen LogP contribution in [0.25, 0.3) is 21.9 Å². The molecule has 0 radical (unpaired) electrons. The molecule has 2 amide bonds. The summed E-state index contributed by atoms with van der Waals surface area (Å²) in [6.07, 6.45) is 2.87. The van der Waals surface area contributed by atoms with Gasteiger partial charge in [0.1, 0.15) is 28.9 Å². The number of nitrogens with zero attached hydrogens (tertiary/aromatic N) is 4. The van der Waals surface area contributed by atoms with Crippen LogP contribution in [-0.2, 0) is 6.54 Å². The molecule has 0 unspecified atom stereocenters. The monoisotopic (exact) mass is 507 g/mol. The summed E-state index contributed by atoms with van der Waals surface area (Å²) < 4.78 is 11.9. The molecular weight excluding hydrogens is 486 g/mol. The number of hydrogen-bond donors (Lipinski definition) is 1. The van der Waals surface area contributed by atoms with E-state index in [1.807, 2.05) is 12.1 Å². The van der Waals surface area contributed by atoms with E-state index in [1.165, 1.54) is 24.6 Å². The number of H-pyrrole nitrogens is 1. The highest BCUT2D eigenvalue weighted by molar-refractivity contribution is 6.21. The number of ether oxygens (including phenoxy) is 2. The third kappa shape index (κ3) is 3.70. The second kappa shape index (κ2) is 9.00. The molecular formula is C28H21N5O5. The fraction of sp³-hybridized carbons (Fsp3) is 0.107. The summed E-state index contributed by atoms with van der Waals surface area (Å²) >= 11 is 0. The van der Waals surface area contributed by atoms with Gasteiger partial charge in [-0.25, -0.2) is 4.98 Å². The number of aromatic nitrogens is 3. The van der Waals surface area contributed by atoms with E-state index in [9.17, 15) is 14.4 Å². The van der Waals surface area contributed by atoms with Gasteiger partial charge in [-0.2, -0.15) is 9.78 Å². The summed E-state index contributed by atoms with van der Waals surface area (Å²) in [6.45, 7) is 0.0309. The molecule has 1 aliphatic rings. The maximum absolute atomic E-state index is 13.1. The van der Waals surface area contributed by atoms with E-state index in [-0.39, 0.29) is 23.9 Å². The molecule has 6 rings (SSSR count). The summed E-state index contributed by atoms with van der Waals surface area (Å²) in [6, 6.07) is 17.5. The minimum atomic E-state index is -0.360. The predicted octanol–water partition coefficient (Wildman–Crippen LogP) is 3.57. The number of nitrogens with one attached hydrogen (secondary N) is 1. The normalized spacial score (nSPS) is 13.2. The van der Waals surface area contributed by atoms with Crippen molar-refractivity contribution in [1.82, 2.24) is 19.5 Å². The van der Waals surface area contributed by atoms with Crippen molar-refractivity contribution in [3.05, 3.63) is 99.6 Å². The molecule has 10 nitrogen and oxygen atoms in total. The Morgan fingerprint density at radius 1 is 0.947 bits per heavy atom. The van der Waals surface area contributed by atoms with Crippen molar-refractivity contribution in [2.75, 3.05) is 14.2 Å². The number of imide groups is 1. The first-order valence-electron chi connectivity index (χ1n) is 11.7. The van der Waals surface area contributed by atoms with Crippen LogP contribution in [0.1, 0.15) is 31.8 Å². The summed E-state index contributed by atoms with van der Waals surface area (Å²) in [7, 11) is 3.10. The minimum Gasteiger partial charge on any atom is -0.497 e. The lowest BCUT2D eigenvalue weighted by atomic mass is 10.1. The Morgan fingerprint density at radius 3 is 2.42 bits per heavy atom. The standard InChI is InChI=1S/C28H21N5O5/c1-37-18-8-9-21-22(12-18)31-25-24(21)29-15-33(28(25)36)30-13-16-7-10-23(38-2)17(11-16)14-32-26(34)19-5-3-4-6-20(19)27(32)35/h3-13,15,31H,14H2,1-2H3. The number of hydrogen-bond acceptors (Lipinski definition) is 7. The van der Waals surface area contributed by atoms with Gasteiger partial charge in [0, 0.05) is 17.0 Å². The van der Waals surface area contributed by atoms with Crippen LogP contribution in [0.4, 0.5) is 0 Å². The zero-order valence-corrected chi connectivity index (χ0v) is 20.5. The first-order chi connectivity index (χ1) is 18.5. The lowest BCUT2D eigenvalue weighted by Gasteiger charge is -2.16. The number of fused-ring (bicyclic) bond motifs is 4. The quantitative estimate of drug-likeness (QED) is 0.277. The Kier molecular flexibility index (Phi) is 5.49. The highest BCUT2D eigenvalue weighted by Crippen LogP contribution is 2.28. The molecule has 38 heavy (non-hydrogen) atoms. The maximum atomic E-state index is 13.1. The zero-order chi connectivity index (χ0) is 26.4. The highest BCUT2D eigenvalue weighted by Gasteiger charge is 2.35. The van der Waals surface area contributed by atoms with Gasteiger partial charge in [-0.15, -0.1) is 0 Å². The van der Waals surface area contributed by atoms with Gasteiger partial charge in [0.25, 0.3) is 17.4 Å². The Bertz CT molecular complexity index is 1820. The van der Waals surface area contributed by atoms with E-state index < -0.39 is 0 Å². The van der Waals surface area contributed by atoms with Crippen molar-refractivity contribution in [2.45, 2.75) is 6.54 Å². The van der Waals surface area contributed by atoms with E-state index >= 15 is 0 Å². The Labute approximate surface area is 215 Å². The topological polar surface area (TPSA) is 119 Å². The van der Waals surface area contributed by atoms with Gasteiger partial charge in [0.05, 0.1) is 43.6 Å². The number of carbonyl (C=O) groups is 2. The second-order valence-corrected chi connectivity index (χ2v) is 8.71. The van der Waals surface area contributed by atoms with Gasteiger partial charge in [0.15, 0.2) is 0 Å². The van der Waals surface area contributed by atoms with Crippen molar-refractivity contribution < 1.29 is 19.1 Å². The van der Waals surface area contributed by atoms with Crippen molar-refractivity contribution in [3.63, 3.8) is 0 Å². The second-order valence-electron chi connectivity index (χ2n) is 8.71. The molecule has 3 aromatic carbocycles. The van der Waals surface area contributed by atoms with Crippen LogP contribution >= 0.6 is 0 Å².